The molecule has 0 unspecified atom stereocenters. The lowest BCUT2D eigenvalue weighted by atomic mass is 10.1. The number of carbonyl (C=O) groups is 1. The molecule has 0 amide bonds. The van der Waals surface area contributed by atoms with Crippen molar-refractivity contribution in [1.82, 2.24) is 4.72 Å². The number of rotatable bonds is 10. The normalized spacial score (nSPS) is 19.3. The highest BCUT2D eigenvalue weighted by molar-refractivity contribution is 7.89. The summed E-state index contributed by atoms with van der Waals surface area (Å²) in [6.07, 6.45) is 5.47. The Hall–Kier alpha value is -1.40. The molecule has 126 valence electrons. The quantitative estimate of drug-likeness (QED) is 0.525. The van der Waals surface area contributed by atoms with E-state index in [0.29, 0.717) is 12.3 Å². The van der Waals surface area contributed by atoms with E-state index in [1.807, 2.05) is 24.3 Å². The predicted molar refractivity (Wildman–Crippen MR) is 87.8 cm³/mol. The van der Waals surface area contributed by atoms with Crippen molar-refractivity contribution in [3.63, 3.8) is 0 Å². The van der Waals surface area contributed by atoms with E-state index in [1.54, 1.807) is 0 Å². The van der Waals surface area contributed by atoms with Gasteiger partial charge in [-0.25, -0.2) is 13.1 Å². The fourth-order valence-electron chi connectivity index (χ4n) is 2.66. The van der Waals surface area contributed by atoms with Crippen LogP contribution in [0.25, 0.3) is 0 Å². The van der Waals surface area contributed by atoms with Crippen LogP contribution in [0.3, 0.4) is 0 Å². The number of hydrogen-bond acceptors (Lipinski definition) is 4. The minimum Gasteiger partial charge on any atom is -0.493 e. The van der Waals surface area contributed by atoms with Gasteiger partial charge in [-0.3, -0.25) is 0 Å². The van der Waals surface area contributed by atoms with Gasteiger partial charge in [0.05, 0.1) is 17.9 Å². The molecule has 3 rings (SSSR count). The first kappa shape index (κ1) is 16.5. The number of carbonyl (C=O) groups excluding carboxylic acids is 1. The standard InChI is InChI=1S/C17H23NO4S/c19-10-1-2-11-23(20,21)18-17(8-9-17)15-4-3-5-16(12-15)22-13-14-6-7-14/h3-5,10,12,14,18H,1-2,6-9,11,13H2. The minimum atomic E-state index is -3.38. The van der Waals surface area contributed by atoms with Gasteiger partial charge in [-0.05, 0) is 55.7 Å². The van der Waals surface area contributed by atoms with Crippen LogP contribution < -0.4 is 9.46 Å². The molecule has 1 N–H and O–H groups in total. The topological polar surface area (TPSA) is 72.5 Å². The Balaban J connectivity index is 1.64. The summed E-state index contributed by atoms with van der Waals surface area (Å²) in [5.41, 5.74) is 0.476. The summed E-state index contributed by atoms with van der Waals surface area (Å²) >= 11 is 0. The van der Waals surface area contributed by atoms with Crippen molar-refractivity contribution < 1.29 is 17.9 Å². The van der Waals surface area contributed by atoms with Crippen LogP contribution in [0, 0.1) is 5.92 Å². The second-order valence-corrected chi connectivity index (χ2v) is 8.44. The van der Waals surface area contributed by atoms with Crippen LogP contribution in [0.1, 0.15) is 44.1 Å². The summed E-state index contributed by atoms with van der Waals surface area (Å²) in [5, 5.41) is 0. The highest BCUT2D eigenvalue weighted by Crippen LogP contribution is 2.47. The monoisotopic (exact) mass is 337 g/mol. The molecule has 1 aromatic rings. The van der Waals surface area contributed by atoms with Crippen molar-refractivity contribution in [3.05, 3.63) is 29.8 Å². The molecule has 1 aromatic carbocycles. The first-order chi connectivity index (χ1) is 11.0. The zero-order chi connectivity index (χ0) is 16.3. The Morgan fingerprint density at radius 3 is 2.74 bits per heavy atom. The molecule has 5 nitrogen and oxygen atoms in total. The van der Waals surface area contributed by atoms with Crippen LogP contribution in [0.4, 0.5) is 0 Å². The van der Waals surface area contributed by atoms with E-state index in [4.69, 9.17) is 4.74 Å². The van der Waals surface area contributed by atoms with Crippen molar-refractivity contribution in [2.45, 2.75) is 44.1 Å². The maximum atomic E-state index is 12.2. The number of ether oxygens (including phenoxy) is 1. The average molecular weight is 337 g/mol. The van der Waals surface area contributed by atoms with E-state index in [0.717, 1.165) is 37.0 Å². The molecule has 0 atom stereocenters. The Kier molecular flexibility index (Phi) is 4.73. The van der Waals surface area contributed by atoms with Gasteiger partial charge in [0.2, 0.25) is 10.0 Å². The van der Waals surface area contributed by atoms with Gasteiger partial charge < -0.3 is 9.53 Å². The molecule has 2 aliphatic rings. The first-order valence-corrected chi connectivity index (χ1v) is 9.87. The van der Waals surface area contributed by atoms with Crippen LogP contribution in [0.15, 0.2) is 24.3 Å². The Bertz CT molecular complexity index is 663. The molecule has 2 saturated carbocycles. The zero-order valence-corrected chi connectivity index (χ0v) is 14.0. The van der Waals surface area contributed by atoms with Gasteiger partial charge in [0.1, 0.15) is 12.0 Å². The van der Waals surface area contributed by atoms with Crippen molar-refractivity contribution >= 4 is 16.3 Å². The molecule has 23 heavy (non-hydrogen) atoms. The van der Waals surface area contributed by atoms with Gasteiger partial charge in [-0.1, -0.05) is 12.1 Å². The van der Waals surface area contributed by atoms with Gasteiger partial charge in [-0.2, -0.15) is 0 Å². The van der Waals surface area contributed by atoms with Gasteiger partial charge in [0, 0.05) is 6.42 Å². The second-order valence-electron chi connectivity index (χ2n) is 6.59. The molecule has 0 aliphatic heterocycles. The molecule has 0 radical (unpaired) electrons. The highest BCUT2D eigenvalue weighted by atomic mass is 32.2. The maximum absolute atomic E-state index is 12.2. The molecular weight excluding hydrogens is 314 g/mol. The molecule has 0 heterocycles. The van der Waals surface area contributed by atoms with E-state index in [1.165, 1.54) is 12.8 Å². The van der Waals surface area contributed by atoms with Crippen LogP contribution in [-0.4, -0.2) is 27.1 Å². The predicted octanol–water partition coefficient (Wildman–Crippen LogP) is 2.36. The number of benzene rings is 1. The fourth-order valence-corrected chi connectivity index (χ4v) is 4.23. The minimum absolute atomic E-state index is 0.00857. The average Bonchev–Trinajstić information content (AvgIpc) is 3.41. The van der Waals surface area contributed by atoms with Crippen molar-refractivity contribution in [3.8, 4) is 5.75 Å². The summed E-state index contributed by atoms with van der Waals surface area (Å²) in [6.45, 7) is 0.744. The third kappa shape index (κ3) is 4.54. The molecule has 0 bridgehead atoms. The Labute approximate surface area is 137 Å². The third-order valence-electron chi connectivity index (χ3n) is 4.41. The fraction of sp³-hybridized carbons (Fsp3) is 0.588. The number of hydrogen-bond donors (Lipinski definition) is 1. The van der Waals surface area contributed by atoms with E-state index >= 15 is 0 Å². The summed E-state index contributed by atoms with van der Waals surface area (Å²) in [4.78, 5) is 10.3. The van der Waals surface area contributed by atoms with Crippen LogP contribution >= 0.6 is 0 Å². The molecule has 6 heteroatoms. The smallest absolute Gasteiger partial charge is 0.212 e. The van der Waals surface area contributed by atoms with Crippen molar-refractivity contribution in [2.75, 3.05) is 12.4 Å². The van der Waals surface area contributed by atoms with Gasteiger partial charge in [0.25, 0.3) is 0 Å². The van der Waals surface area contributed by atoms with Gasteiger partial charge in [0.15, 0.2) is 0 Å². The summed E-state index contributed by atoms with van der Waals surface area (Å²) in [7, 11) is -3.38. The van der Waals surface area contributed by atoms with Crippen molar-refractivity contribution in [2.24, 2.45) is 5.92 Å². The molecule has 0 spiro atoms. The lowest BCUT2D eigenvalue weighted by Crippen LogP contribution is -2.36. The van der Waals surface area contributed by atoms with E-state index < -0.39 is 15.6 Å². The van der Waals surface area contributed by atoms with E-state index in [-0.39, 0.29) is 12.2 Å². The lowest BCUT2D eigenvalue weighted by molar-refractivity contribution is -0.107. The van der Waals surface area contributed by atoms with E-state index in [9.17, 15) is 13.2 Å². The molecule has 2 aliphatic carbocycles. The maximum Gasteiger partial charge on any atom is 0.212 e. The molecule has 0 aromatic heterocycles. The lowest BCUT2D eigenvalue weighted by Gasteiger charge is -2.19. The van der Waals surface area contributed by atoms with Gasteiger partial charge >= 0.3 is 0 Å². The number of unbranched alkanes of at least 4 members (excludes halogenated alkanes) is 1. The van der Waals surface area contributed by atoms with Crippen LogP contribution in [0.5, 0.6) is 5.75 Å². The zero-order valence-electron chi connectivity index (χ0n) is 13.2. The Morgan fingerprint density at radius 1 is 1.30 bits per heavy atom. The SMILES string of the molecule is O=CCCCS(=O)(=O)NC1(c2cccc(OCC3CC3)c2)CC1. The number of aldehydes is 1. The summed E-state index contributed by atoms with van der Waals surface area (Å²) in [6, 6.07) is 7.73. The number of nitrogens with one attached hydrogen (secondary N) is 1. The van der Waals surface area contributed by atoms with Crippen LogP contribution in [-0.2, 0) is 20.4 Å². The number of sulfonamides is 1. The Morgan fingerprint density at radius 2 is 2.09 bits per heavy atom. The summed E-state index contributed by atoms with van der Waals surface area (Å²) in [5.74, 6) is 1.48. The van der Waals surface area contributed by atoms with E-state index in [2.05, 4.69) is 4.72 Å². The van der Waals surface area contributed by atoms with Crippen molar-refractivity contribution in [1.29, 1.82) is 0 Å². The second kappa shape index (κ2) is 6.61. The van der Waals surface area contributed by atoms with Gasteiger partial charge in [-0.15, -0.1) is 0 Å². The molecule has 0 saturated heterocycles. The highest BCUT2D eigenvalue weighted by Gasteiger charge is 2.47. The molecular formula is C17H23NO4S. The first-order valence-electron chi connectivity index (χ1n) is 8.22. The largest absolute Gasteiger partial charge is 0.493 e. The third-order valence-corrected chi connectivity index (χ3v) is 5.93. The van der Waals surface area contributed by atoms with Crippen LogP contribution in [0.2, 0.25) is 0 Å². The molecule has 2 fully saturated rings. The summed E-state index contributed by atoms with van der Waals surface area (Å²) < 4.78 is 33.0.